The quantitative estimate of drug-likeness (QED) is 0.608. The van der Waals surface area contributed by atoms with Crippen molar-refractivity contribution < 1.29 is 4.74 Å². The van der Waals surface area contributed by atoms with Crippen LogP contribution in [-0.2, 0) is 4.74 Å². The van der Waals surface area contributed by atoms with Crippen LogP contribution in [0.5, 0.6) is 0 Å². The highest BCUT2D eigenvalue weighted by Crippen LogP contribution is 2.15. The number of methoxy groups -OCH3 is 1. The molecule has 2 unspecified atom stereocenters. The molecule has 0 spiro atoms. The monoisotopic (exact) mass is 173 g/mol. The molecule has 0 radical (unpaired) electrons. The van der Waals surface area contributed by atoms with E-state index in [2.05, 4.69) is 32.8 Å². The molecule has 2 nitrogen and oxygen atoms in total. The highest BCUT2D eigenvalue weighted by atomic mass is 16.5. The van der Waals surface area contributed by atoms with Gasteiger partial charge in [-0.05, 0) is 32.4 Å². The molecular formula is C10H23NO. The number of hydrogen-bond acceptors (Lipinski definition) is 2. The molecule has 0 aromatic carbocycles. The molecule has 0 aliphatic heterocycles. The molecule has 0 saturated carbocycles. The van der Waals surface area contributed by atoms with Crippen molar-refractivity contribution >= 4 is 0 Å². The van der Waals surface area contributed by atoms with Gasteiger partial charge >= 0.3 is 0 Å². The van der Waals surface area contributed by atoms with Crippen LogP contribution in [0.3, 0.4) is 0 Å². The van der Waals surface area contributed by atoms with Crippen molar-refractivity contribution in [2.45, 2.75) is 20.3 Å². The Balaban J connectivity index is 3.53. The summed E-state index contributed by atoms with van der Waals surface area (Å²) in [6, 6.07) is 0. The van der Waals surface area contributed by atoms with Gasteiger partial charge in [0.1, 0.15) is 0 Å². The van der Waals surface area contributed by atoms with Crippen molar-refractivity contribution in [3.8, 4) is 0 Å². The Kier molecular flexibility index (Phi) is 6.39. The van der Waals surface area contributed by atoms with Gasteiger partial charge in [0.2, 0.25) is 0 Å². The fourth-order valence-electron chi connectivity index (χ4n) is 1.34. The maximum atomic E-state index is 5.05. The van der Waals surface area contributed by atoms with E-state index in [0.29, 0.717) is 0 Å². The van der Waals surface area contributed by atoms with E-state index in [1.165, 1.54) is 13.0 Å². The summed E-state index contributed by atoms with van der Waals surface area (Å²) in [5.41, 5.74) is 0. The van der Waals surface area contributed by atoms with Gasteiger partial charge in [-0.3, -0.25) is 0 Å². The van der Waals surface area contributed by atoms with E-state index in [9.17, 15) is 0 Å². The Morgan fingerprint density at radius 2 is 1.75 bits per heavy atom. The molecule has 2 atom stereocenters. The number of hydrogen-bond donors (Lipinski definition) is 0. The minimum Gasteiger partial charge on any atom is -0.385 e. The molecule has 0 heterocycles. The Hall–Kier alpha value is -0.0800. The molecule has 0 N–H and O–H groups in total. The van der Waals surface area contributed by atoms with Gasteiger partial charge in [0.25, 0.3) is 0 Å². The number of ether oxygens (including phenoxy) is 1. The molecule has 12 heavy (non-hydrogen) atoms. The summed E-state index contributed by atoms with van der Waals surface area (Å²) in [6.07, 6.45) is 1.17. The Bertz CT molecular complexity index is 104. The summed E-state index contributed by atoms with van der Waals surface area (Å²) in [5.74, 6) is 1.52. The molecule has 0 aromatic rings. The largest absolute Gasteiger partial charge is 0.385 e. The van der Waals surface area contributed by atoms with Crippen molar-refractivity contribution in [1.82, 2.24) is 4.90 Å². The molecular weight excluding hydrogens is 150 g/mol. The fraction of sp³-hybridized carbons (Fsp3) is 1.00. The first-order valence-corrected chi connectivity index (χ1v) is 4.71. The van der Waals surface area contributed by atoms with Crippen LogP contribution in [0.2, 0.25) is 0 Å². The van der Waals surface area contributed by atoms with Crippen LogP contribution >= 0.6 is 0 Å². The lowest BCUT2D eigenvalue weighted by atomic mass is 9.93. The van der Waals surface area contributed by atoms with Gasteiger partial charge in [-0.15, -0.1) is 0 Å². The summed E-state index contributed by atoms with van der Waals surface area (Å²) < 4.78 is 5.05. The van der Waals surface area contributed by atoms with E-state index in [-0.39, 0.29) is 0 Å². The second-order valence-electron chi connectivity index (χ2n) is 4.00. The van der Waals surface area contributed by atoms with Crippen LogP contribution in [-0.4, -0.2) is 39.3 Å². The summed E-state index contributed by atoms with van der Waals surface area (Å²) in [7, 11) is 6.02. The zero-order valence-electron chi connectivity index (χ0n) is 9.13. The molecule has 0 rings (SSSR count). The Morgan fingerprint density at radius 1 is 1.17 bits per heavy atom. The summed E-state index contributed by atoms with van der Waals surface area (Å²) in [5, 5.41) is 0. The highest BCUT2D eigenvalue weighted by Gasteiger charge is 2.12. The average molecular weight is 173 g/mol. The van der Waals surface area contributed by atoms with E-state index in [1.807, 2.05) is 0 Å². The van der Waals surface area contributed by atoms with Crippen LogP contribution in [0.15, 0.2) is 0 Å². The van der Waals surface area contributed by atoms with Gasteiger partial charge < -0.3 is 9.64 Å². The standard InChI is InChI=1S/C10H23NO/c1-9(6-7-12-5)10(2)8-11(3)4/h9-10H,6-8H2,1-5H3. The summed E-state index contributed by atoms with van der Waals surface area (Å²) in [4.78, 5) is 2.24. The van der Waals surface area contributed by atoms with Crippen molar-refractivity contribution in [2.24, 2.45) is 11.8 Å². The second-order valence-corrected chi connectivity index (χ2v) is 4.00. The Morgan fingerprint density at radius 3 is 2.17 bits per heavy atom. The number of nitrogens with zero attached hydrogens (tertiary/aromatic N) is 1. The van der Waals surface area contributed by atoms with Crippen molar-refractivity contribution in [2.75, 3.05) is 34.4 Å². The maximum absolute atomic E-state index is 5.05. The first-order valence-electron chi connectivity index (χ1n) is 4.71. The molecule has 74 valence electrons. The Labute approximate surface area is 76.9 Å². The SMILES string of the molecule is COCCC(C)C(C)CN(C)C. The minimum atomic E-state index is 0.757. The molecule has 0 aromatic heterocycles. The van der Waals surface area contributed by atoms with E-state index in [0.717, 1.165) is 18.4 Å². The predicted octanol–water partition coefficient (Wildman–Crippen LogP) is 1.86. The first kappa shape index (κ1) is 11.9. The third kappa shape index (κ3) is 5.56. The highest BCUT2D eigenvalue weighted by molar-refractivity contribution is 4.63. The van der Waals surface area contributed by atoms with Crippen molar-refractivity contribution in [3.63, 3.8) is 0 Å². The lowest BCUT2D eigenvalue weighted by Crippen LogP contribution is -2.24. The third-order valence-corrected chi connectivity index (χ3v) is 2.40. The van der Waals surface area contributed by atoms with Crippen LogP contribution in [0.1, 0.15) is 20.3 Å². The van der Waals surface area contributed by atoms with Crippen LogP contribution in [0.4, 0.5) is 0 Å². The van der Waals surface area contributed by atoms with Crippen LogP contribution in [0, 0.1) is 11.8 Å². The van der Waals surface area contributed by atoms with E-state index < -0.39 is 0 Å². The predicted molar refractivity (Wildman–Crippen MR) is 53.4 cm³/mol. The molecule has 0 saturated heterocycles. The van der Waals surface area contributed by atoms with Crippen molar-refractivity contribution in [1.29, 1.82) is 0 Å². The molecule has 0 aliphatic rings. The zero-order chi connectivity index (χ0) is 9.56. The summed E-state index contributed by atoms with van der Waals surface area (Å²) >= 11 is 0. The molecule has 2 heteroatoms. The van der Waals surface area contributed by atoms with E-state index in [4.69, 9.17) is 4.74 Å². The maximum Gasteiger partial charge on any atom is 0.0464 e. The van der Waals surface area contributed by atoms with Crippen molar-refractivity contribution in [3.05, 3.63) is 0 Å². The van der Waals surface area contributed by atoms with Gasteiger partial charge in [-0.2, -0.15) is 0 Å². The fourth-order valence-corrected chi connectivity index (χ4v) is 1.34. The van der Waals surface area contributed by atoms with Crippen LogP contribution < -0.4 is 0 Å². The summed E-state index contributed by atoms with van der Waals surface area (Å²) in [6.45, 7) is 6.66. The van der Waals surface area contributed by atoms with E-state index >= 15 is 0 Å². The van der Waals surface area contributed by atoms with Gasteiger partial charge in [0.05, 0.1) is 0 Å². The molecule has 0 amide bonds. The minimum absolute atomic E-state index is 0.757. The zero-order valence-corrected chi connectivity index (χ0v) is 9.13. The van der Waals surface area contributed by atoms with E-state index in [1.54, 1.807) is 7.11 Å². The average Bonchev–Trinajstić information content (AvgIpc) is 1.98. The molecule has 0 bridgehead atoms. The lowest BCUT2D eigenvalue weighted by Gasteiger charge is -2.22. The molecule has 0 fully saturated rings. The smallest absolute Gasteiger partial charge is 0.0464 e. The second kappa shape index (κ2) is 6.44. The lowest BCUT2D eigenvalue weighted by molar-refractivity contribution is 0.160. The first-order chi connectivity index (χ1) is 5.57. The van der Waals surface area contributed by atoms with Gasteiger partial charge in [-0.25, -0.2) is 0 Å². The molecule has 0 aliphatic carbocycles. The van der Waals surface area contributed by atoms with Gasteiger partial charge in [-0.1, -0.05) is 13.8 Å². The normalized spacial score (nSPS) is 16.5. The topological polar surface area (TPSA) is 12.5 Å². The van der Waals surface area contributed by atoms with Crippen LogP contribution in [0.25, 0.3) is 0 Å². The third-order valence-electron chi connectivity index (χ3n) is 2.40. The van der Waals surface area contributed by atoms with Gasteiger partial charge in [0.15, 0.2) is 0 Å². The number of rotatable bonds is 6. The van der Waals surface area contributed by atoms with Gasteiger partial charge in [0, 0.05) is 20.3 Å².